The van der Waals surface area contributed by atoms with Crippen molar-refractivity contribution in [2.24, 2.45) is 5.73 Å². The molecule has 1 unspecified atom stereocenters. The second kappa shape index (κ2) is 6.31. The minimum Gasteiger partial charge on any atom is -0.322 e. The van der Waals surface area contributed by atoms with Crippen molar-refractivity contribution in [2.75, 3.05) is 17.3 Å². The Morgan fingerprint density at radius 2 is 2.16 bits per heavy atom. The number of rotatable bonds is 5. The first-order valence-electron chi connectivity index (χ1n) is 5.39. The van der Waals surface area contributed by atoms with Gasteiger partial charge in [-0.2, -0.15) is 0 Å². The summed E-state index contributed by atoms with van der Waals surface area (Å²) in [5.41, 5.74) is 5.44. The molecular weight excluding hydrogens is 295 g/mol. The van der Waals surface area contributed by atoms with Gasteiger partial charge < -0.3 is 11.1 Å². The Kier molecular flexibility index (Phi) is 5.28. The van der Waals surface area contributed by atoms with E-state index in [2.05, 4.69) is 5.32 Å². The molecule has 3 N–H and O–H groups in total. The normalized spacial score (nSPS) is 13.1. The Labute approximate surface area is 115 Å². The number of nitrogens with two attached hydrogens (primary N) is 1. The Balaban J connectivity index is 2.67. The maximum Gasteiger partial charge on any atom is 0.241 e. The van der Waals surface area contributed by atoms with Crippen molar-refractivity contribution in [1.29, 1.82) is 0 Å². The summed E-state index contributed by atoms with van der Waals surface area (Å²) in [5, 5.41) is 2.15. The third-order valence-electron chi connectivity index (χ3n) is 2.35. The molecule has 1 atom stereocenters. The minimum absolute atomic E-state index is 0.0349. The van der Waals surface area contributed by atoms with Crippen LogP contribution in [0.25, 0.3) is 0 Å². The van der Waals surface area contributed by atoms with Crippen LogP contribution in [-0.2, 0) is 14.6 Å². The standard InChI is InChI=1S/C11H14ClFN2O3S/c1-19(17,18)6-5-8(14)11(16)15-9-4-2-3-7(12)10(9)13/h2-4,8H,5-6,14H2,1H3,(H,15,16). The van der Waals surface area contributed by atoms with E-state index in [9.17, 15) is 17.6 Å². The fraction of sp³-hybridized carbons (Fsp3) is 0.364. The van der Waals surface area contributed by atoms with Crippen molar-refractivity contribution >= 4 is 33.0 Å². The topological polar surface area (TPSA) is 89.3 Å². The van der Waals surface area contributed by atoms with Gasteiger partial charge >= 0.3 is 0 Å². The molecule has 1 aromatic carbocycles. The van der Waals surface area contributed by atoms with Gasteiger partial charge in [-0.15, -0.1) is 0 Å². The van der Waals surface area contributed by atoms with Gasteiger partial charge in [0.25, 0.3) is 0 Å². The van der Waals surface area contributed by atoms with Gasteiger partial charge in [0.2, 0.25) is 5.91 Å². The molecule has 0 fully saturated rings. The third kappa shape index (κ3) is 5.14. The Morgan fingerprint density at radius 1 is 1.53 bits per heavy atom. The zero-order valence-corrected chi connectivity index (χ0v) is 11.8. The van der Waals surface area contributed by atoms with E-state index in [1.165, 1.54) is 18.2 Å². The Bertz CT molecular complexity index is 577. The van der Waals surface area contributed by atoms with Crippen molar-refractivity contribution in [2.45, 2.75) is 12.5 Å². The molecule has 0 spiro atoms. The second-order valence-corrected chi connectivity index (χ2v) is 6.78. The number of carbonyl (C=O) groups excluding carboxylic acids is 1. The Morgan fingerprint density at radius 3 is 2.74 bits per heavy atom. The average Bonchev–Trinajstić information content (AvgIpc) is 2.31. The fourth-order valence-corrected chi connectivity index (χ4v) is 2.15. The number of amides is 1. The van der Waals surface area contributed by atoms with E-state index in [0.29, 0.717) is 0 Å². The highest BCUT2D eigenvalue weighted by atomic mass is 35.5. The fourth-order valence-electron chi connectivity index (χ4n) is 1.30. The second-order valence-electron chi connectivity index (χ2n) is 4.12. The first-order valence-corrected chi connectivity index (χ1v) is 7.83. The summed E-state index contributed by atoms with van der Waals surface area (Å²) in [7, 11) is -3.20. The molecule has 5 nitrogen and oxygen atoms in total. The molecule has 0 aromatic heterocycles. The molecule has 0 saturated heterocycles. The van der Waals surface area contributed by atoms with Crippen molar-refractivity contribution in [3.8, 4) is 0 Å². The van der Waals surface area contributed by atoms with Gasteiger partial charge in [-0.3, -0.25) is 4.79 Å². The van der Waals surface area contributed by atoms with E-state index in [1.54, 1.807) is 0 Å². The van der Waals surface area contributed by atoms with E-state index in [1.807, 2.05) is 0 Å². The lowest BCUT2D eigenvalue weighted by Crippen LogP contribution is -2.37. The minimum atomic E-state index is -3.20. The van der Waals surface area contributed by atoms with E-state index in [4.69, 9.17) is 17.3 Å². The van der Waals surface area contributed by atoms with E-state index in [0.717, 1.165) is 6.26 Å². The lowest BCUT2D eigenvalue weighted by molar-refractivity contribution is -0.117. The van der Waals surface area contributed by atoms with Crippen LogP contribution in [0.1, 0.15) is 6.42 Å². The first-order chi connectivity index (χ1) is 8.70. The van der Waals surface area contributed by atoms with Gasteiger partial charge in [0.15, 0.2) is 5.82 Å². The maximum absolute atomic E-state index is 13.5. The molecular formula is C11H14ClFN2O3S. The number of hydrogen-bond acceptors (Lipinski definition) is 4. The van der Waals surface area contributed by atoms with E-state index in [-0.39, 0.29) is 22.9 Å². The van der Waals surface area contributed by atoms with Crippen molar-refractivity contribution in [1.82, 2.24) is 0 Å². The summed E-state index contributed by atoms with van der Waals surface area (Å²) in [6.07, 6.45) is 1.01. The summed E-state index contributed by atoms with van der Waals surface area (Å²) in [5.74, 6) is -1.63. The summed E-state index contributed by atoms with van der Waals surface area (Å²) in [6, 6.07) is 3.12. The van der Waals surface area contributed by atoms with Crippen LogP contribution >= 0.6 is 11.6 Å². The number of sulfone groups is 1. The van der Waals surface area contributed by atoms with Crippen LogP contribution in [0.15, 0.2) is 18.2 Å². The third-order valence-corrected chi connectivity index (χ3v) is 3.62. The number of hydrogen-bond donors (Lipinski definition) is 2. The smallest absolute Gasteiger partial charge is 0.241 e. The van der Waals surface area contributed by atoms with Gasteiger partial charge in [0.1, 0.15) is 9.84 Å². The molecule has 0 aliphatic carbocycles. The van der Waals surface area contributed by atoms with Crippen LogP contribution in [0.5, 0.6) is 0 Å². The highest BCUT2D eigenvalue weighted by molar-refractivity contribution is 7.90. The van der Waals surface area contributed by atoms with Gasteiger partial charge in [-0.05, 0) is 18.6 Å². The zero-order chi connectivity index (χ0) is 14.6. The predicted molar refractivity (Wildman–Crippen MR) is 72.3 cm³/mol. The number of halogens is 2. The van der Waals surface area contributed by atoms with Crippen molar-refractivity contribution < 1.29 is 17.6 Å². The Hall–Kier alpha value is -1.18. The van der Waals surface area contributed by atoms with E-state index >= 15 is 0 Å². The van der Waals surface area contributed by atoms with Crippen molar-refractivity contribution in [3.63, 3.8) is 0 Å². The molecule has 0 bridgehead atoms. The number of benzene rings is 1. The number of nitrogens with one attached hydrogen (secondary N) is 1. The number of anilines is 1. The van der Waals surface area contributed by atoms with Crippen LogP contribution in [-0.4, -0.2) is 32.4 Å². The predicted octanol–water partition coefficient (Wildman–Crippen LogP) is 1.18. The molecule has 1 rings (SSSR count). The molecule has 0 aliphatic rings. The van der Waals surface area contributed by atoms with Crippen LogP contribution in [0, 0.1) is 5.82 Å². The zero-order valence-electron chi connectivity index (χ0n) is 10.2. The molecule has 0 saturated carbocycles. The van der Waals surface area contributed by atoms with E-state index < -0.39 is 27.6 Å². The van der Waals surface area contributed by atoms with Gasteiger partial charge in [-0.25, -0.2) is 12.8 Å². The summed E-state index contributed by atoms with van der Waals surface area (Å²) < 4.78 is 35.4. The summed E-state index contributed by atoms with van der Waals surface area (Å²) in [4.78, 5) is 11.7. The van der Waals surface area contributed by atoms with Crippen LogP contribution in [0.3, 0.4) is 0 Å². The lowest BCUT2D eigenvalue weighted by Gasteiger charge is -2.12. The van der Waals surface area contributed by atoms with Crippen molar-refractivity contribution in [3.05, 3.63) is 29.0 Å². The average molecular weight is 309 g/mol. The maximum atomic E-state index is 13.5. The molecule has 1 amide bonds. The highest BCUT2D eigenvalue weighted by Gasteiger charge is 2.17. The van der Waals surface area contributed by atoms with Gasteiger partial charge in [0.05, 0.1) is 22.5 Å². The first kappa shape index (κ1) is 15.9. The van der Waals surface area contributed by atoms with Crippen LogP contribution in [0.4, 0.5) is 10.1 Å². The SMILES string of the molecule is CS(=O)(=O)CCC(N)C(=O)Nc1cccc(Cl)c1F. The molecule has 0 aliphatic heterocycles. The number of carbonyl (C=O) groups is 1. The molecule has 106 valence electrons. The highest BCUT2D eigenvalue weighted by Crippen LogP contribution is 2.22. The largest absolute Gasteiger partial charge is 0.322 e. The molecule has 19 heavy (non-hydrogen) atoms. The summed E-state index contributed by atoms with van der Waals surface area (Å²) in [6.45, 7) is 0. The molecule has 0 heterocycles. The van der Waals surface area contributed by atoms with Crippen LogP contribution in [0.2, 0.25) is 5.02 Å². The molecule has 0 radical (unpaired) electrons. The lowest BCUT2D eigenvalue weighted by atomic mass is 10.2. The molecule has 1 aromatic rings. The monoisotopic (exact) mass is 308 g/mol. The molecule has 8 heteroatoms. The van der Waals surface area contributed by atoms with Gasteiger partial charge in [-0.1, -0.05) is 17.7 Å². The van der Waals surface area contributed by atoms with Gasteiger partial charge in [0, 0.05) is 6.26 Å². The van der Waals surface area contributed by atoms with Crippen LogP contribution < -0.4 is 11.1 Å². The quantitative estimate of drug-likeness (QED) is 0.855. The summed E-state index contributed by atoms with van der Waals surface area (Å²) >= 11 is 5.56.